The number of alkyl halides is 1. The van der Waals surface area contributed by atoms with E-state index in [0.29, 0.717) is 17.9 Å². The molecule has 1 aliphatic rings. The molecule has 0 radical (unpaired) electrons. The fourth-order valence-electron chi connectivity index (χ4n) is 1.71. The summed E-state index contributed by atoms with van der Waals surface area (Å²) >= 11 is 5.88. The van der Waals surface area contributed by atoms with Gasteiger partial charge in [0.1, 0.15) is 6.61 Å². The first-order valence-corrected chi connectivity index (χ1v) is 6.03. The van der Waals surface area contributed by atoms with E-state index in [1.165, 1.54) is 0 Å². The molecule has 0 aromatic carbocycles. The van der Waals surface area contributed by atoms with Gasteiger partial charge in [0.25, 0.3) is 0 Å². The van der Waals surface area contributed by atoms with E-state index >= 15 is 0 Å². The lowest BCUT2D eigenvalue weighted by atomic mass is 9.84. The van der Waals surface area contributed by atoms with Crippen molar-refractivity contribution in [2.75, 3.05) is 26.8 Å². The van der Waals surface area contributed by atoms with Crippen molar-refractivity contribution < 1.29 is 9.53 Å². The van der Waals surface area contributed by atoms with Crippen LogP contribution in [0.2, 0.25) is 0 Å². The van der Waals surface area contributed by atoms with Crippen LogP contribution in [0.4, 0.5) is 0 Å². The number of likely N-dealkylation sites (N-methyl/N-ethyl adjacent to an activating group) is 1. The van der Waals surface area contributed by atoms with Gasteiger partial charge < -0.3 is 9.64 Å². The minimum atomic E-state index is 0.0708. The predicted octanol–water partition coefficient (Wildman–Crippen LogP) is 1.89. The number of nitrogens with zero attached hydrogens (tertiary/aromatic N) is 1. The molecule has 3 nitrogen and oxygen atoms in total. The van der Waals surface area contributed by atoms with Crippen LogP contribution in [-0.2, 0) is 9.53 Å². The van der Waals surface area contributed by atoms with Gasteiger partial charge in [-0.1, -0.05) is 6.92 Å². The Balaban J connectivity index is 2.10. The average Bonchev–Trinajstić information content (AvgIpc) is 2.15. The zero-order valence-electron chi connectivity index (χ0n) is 9.54. The second-order valence-corrected chi connectivity index (χ2v) is 4.88. The summed E-state index contributed by atoms with van der Waals surface area (Å²) < 4.78 is 5.20. The first-order chi connectivity index (χ1) is 7.13. The van der Waals surface area contributed by atoms with E-state index in [1.807, 2.05) is 14.0 Å². The smallest absolute Gasteiger partial charge is 0.248 e. The summed E-state index contributed by atoms with van der Waals surface area (Å²) in [7, 11) is 1.83. The Kier molecular flexibility index (Phi) is 5.40. The van der Waals surface area contributed by atoms with Crippen molar-refractivity contribution in [1.82, 2.24) is 4.90 Å². The Bertz CT molecular complexity index is 205. The first kappa shape index (κ1) is 12.8. The van der Waals surface area contributed by atoms with Crippen LogP contribution < -0.4 is 0 Å². The van der Waals surface area contributed by atoms with E-state index in [-0.39, 0.29) is 12.5 Å². The fraction of sp³-hybridized carbons (Fsp3) is 0.909. The molecule has 0 aromatic rings. The molecule has 0 bridgehead atoms. The third-order valence-electron chi connectivity index (χ3n) is 2.71. The lowest BCUT2D eigenvalue weighted by Gasteiger charge is -2.34. The topological polar surface area (TPSA) is 29.5 Å². The van der Waals surface area contributed by atoms with Gasteiger partial charge in [0, 0.05) is 25.6 Å². The number of halogens is 1. The zero-order chi connectivity index (χ0) is 11.3. The number of rotatable bonds is 6. The van der Waals surface area contributed by atoms with Gasteiger partial charge in [0.2, 0.25) is 5.91 Å². The van der Waals surface area contributed by atoms with Gasteiger partial charge in [-0.05, 0) is 25.2 Å². The normalized spacial score (nSPS) is 24.7. The maximum atomic E-state index is 11.5. The minimum Gasteiger partial charge on any atom is -0.372 e. The molecule has 88 valence electrons. The highest BCUT2D eigenvalue weighted by Gasteiger charge is 2.28. The van der Waals surface area contributed by atoms with Crippen molar-refractivity contribution in [3.05, 3.63) is 0 Å². The van der Waals surface area contributed by atoms with Gasteiger partial charge in [0.15, 0.2) is 0 Å². The second kappa shape index (κ2) is 6.33. The van der Waals surface area contributed by atoms with Crippen LogP contribution in [0.15, 0.2) is 0 Å². The van der Waals surface area contributed by atoms with Crippen LogP contribution in [0.5, 0.6) is 0 Å². The molecule has 0 N–H and O–H groups in total. The third-order valence-corrected chi connectivity index (χ3v) is 3.07. The van der Waals surface area contributed by atoms with Gasteiger partial charge in [-0.3, -0.25) is 4.79 Å². The third kappa shape index (κ3) is 4.39. The number of ether oxygens (including phenoxy) is 1. The van der Waals surface area contributed by atoms with Crippen molar-refractivity contribution in [3.8, 4) is 0 Å². The van der Waals surface area contributed by atoms with Crippen molar-refractivity contribution in [2.24, 2.45) is 5.92 Å². The maximum Gasteiger partial charge on any atom is 0.248 e. The summed E-state index contributed by atoms with van der Waals surface area (Å²) in [5.41, 5.74) is 0. The molecule has 0 saturated heterocycles. The van der Waals surface area contributed by atoms with Crippen LogP contribution in [-0.4, -0.2) is 43.0 Å². The minimum absolute atomic E-state index is 0.0708. The van der Waals surface area contributed by atoms with Gasteiger partial charge in [-0.2, -0.15) is 0 Å². The highest BCUT2D eigenvalue weighted by Crippen LogP contribution is 2.32. The second-order valence-electron chi connectivity index (χ2n) is 4.26. The van der Waals surface area contributed by atoms with Crippen LogP contribution in [0.1, 0.15) is 26.2 Å². The molecule has 0 aromatic heterocycles. The number of carbonyl (C=O) groups is 1. The van der Waals surface area contributed by atoms with Crippen LogP contribution >= 0.6 is 11.6 Å². The molecule has 4 heteroatoms. The lowest BCUT2D eigenvalue weighted by molar-refractivity contribution is -0.135. The van der Waals surface area contributed by atoms with Crippen LogP contribution in [0.25, 0.3) is 0 Å². The molecule has 0 atom stereocenters. The van der Waals surface area contributed by atoms with Gasteiger partial charge in [-0.25, -0.2) is 0 Å². The summed E-state index contributed by atoms with van der Waals surface area (Å²) in [5.74, 6) is 0.661. The molecule has 1 rings (SSSR count). The van der Waals surface area contributed by atoms with Crippen LogP contribution in [0, 0.1) is 5.92 Å². The molecule has 0 unspecified atom stereocenters. The van der Waals surface area contributed by atoms with Crippen molar-refractivity contribution in [3.63, 3.8) is 0 Å². The molecule has 1 fully saturated rings. The van der Waals surface area contributed by atoms with Gasteiger partial charge in [0.05, 0.1) is 0 Å². The summed E-state index contributed by atoms with van der Waals surface area (Å²) in [5, 5.41) is 0.329. The molecule has 1 aliphatic carbocycles. The molecule has 0 heterocycles. The van der Waals surface area contributed by atoms with E-state index in [2.05, 4.69) is 0 Å². The summed E-state index contributed by atoms with van der Waals surface area (Å²) in [6.45, 7) is 3.72. The van der Waals surface area contributed by atoms with E-state index in [1.54, 1.807) is 4.90 Å². The number of amides is 1. The molecule has 0 spiro atoms. The Hall–Kier alpha value is -0.280. The largest absolute Gasteiger partial charge is 0.372 e. The number of hydrogen-bond acceptors (Lipinski definition) is 2. The van der Waals surface area contributed by atoms with Gasteiger partial charge >= 0.3 is 0 Å². The van der Waals surface area contributed by atoms with Crippen molar-refractivity contribution in [2.45, 2.75) is 31.6 Å². The fourth-order valence-corrected chi connectivity index (χ4v) is 2.21. The Morgan fingerprint density at radius 2 is 2.20 bits per heavy atom. The van der Waals surface area contributed by atoms with E-state index in [0.717, 1.165) is 25.8 Å². The number of carbonyl (C=O) groups excluding carboxylic acids is 1. The molecular weight excluding hydrogens is 214 g/mol. The molecule has 0 aliphatic heterocycles. The quantitative estimate of drug-likeness (QED) is 0.518. The van der Waals surface area contributed by atoms with Crippen molar-refractivity contribution >= 4 is 17.5 Å². The predicted molar refractivity (Wildman–Crippen MR) is 61.1 cm³/mol. The van der Waals surface area contributed by atoms with E-state index in [9.17, 15) is 4.79 Å². The van der Waals surface area contributed by atoms with Gasteiger partial charge in [-0.15, -0.1) is 11.6 Å². The zero-order valence-corrected chi connectivity index (χ0v) is 10.3. The Labute approximate surface area is 96.7 Å². The first-order valence-electron chi connectivity index (χ1n) is 5.59. The van der Waals surface area contributed by atoms with Crippen LogP contribution in [0.3, 0.4) is 0 Å². The molecule has 1 amide bonds. The van der Waals surface area contributed by atoms with Crippen molar-refractivity contribution in [1.29, 1.82) is 0 Å². The average molecular weight is 234 g/mol. The standard InChI is InChI=1S/C11H20ClNO2/c1-3-4-15-8-11(14)13(2)7-9-5-10(12)6-9/h9-10H,3-8H2,1-2H3. The van der Waals surface area contributed by atoms with E-state index in [4.69, 9.17) is 16.3 Å². The molecular formula is C11H20ClNO2. The maximum absolute atomic E-state index is 11.5. The highest BCUT2D eigenvalue weighted by atomic mass is 35.5. The van der Waals surface area contributed by atoms with E-state index < -0.39 is 0 Å². The Morgan fingerprint density at radius 1 is 1.53 bits per heavy atom. The Morgan fingerprint density at radius 3 is 2.73 bits per heavy atom. The summed E-state index contributed by atoms with van der Waals surface area (Å²) in [6, 6.07) is 0. The lowest BCUT2D eigenvalue weighted by Crippen LogP contribution is -2.39. The summed E-state index contributed by atoms with van der Waals surface area (Å²) in [4.78, 5) is 13.3. The molecule has 15 heavy (non-hydrogen) atoms. The monoisotopic (exact) mass is 233 g/mol. The SMILES string of the molecule is CCCOCC(=O)N(C)CC1CC(Cl)C1. The summed E-state index contributed by atoms with van der Waals surface area (Å²) in [6.07, 6.45) is 3.03. The number of hydrogen-bond donors (Lipinski definition) is 0. The molecule has 1 saturated carbocycles. The highest BCUT2D eigenvalue weighted by molar-refractivity contribution is 6.21.